The normalized spacial score (nSPS) is 13.4. The van der Waals surface area contributed by atoms with Gasteiger partial charge in [-0.1, -0.05) is 20.8 Å². The highest BCUT2D eigenvalue weighted by molar-refractivity contribution is 4.95. The summed E-state index contributed by atoms with van der Waals surface area (Å²) in [4.78, 5) is 4.37. The Morgan fingerprint density at radius 3 is 2.67 bits per heavy atom. The monoisotopic (exact) mass is 209 g/mol. The molecule has 0 fully saturated rings. The van der Waals surface area contributed by atoms with Gasteiger partial charge in [0.15, 0.2) is 0 Å². The van der Waals surface area contributed by atoms with Crippen LogP contribution in [0.25, 0.3) is 0 Å². The van der Waals surface area contributed by atoms with E-state index in [1.807, 2.05) is 12.4 Å². The van der Waals surface area contributed by atoms with Crippen LogP contribution >= 0.6 is 0 Å². The molecular weight excluding hydrogens is 186 g/mol. The van der Waals surface area contributed by atoms with Crippen molar-refractivity contribution < 1.29 is 0 Å². The molecule has 1 atom stereocenters. The Kier molecular flexibility index (Phi) is 4.82. The standard InChI is InChI=1S/C12H23N3/c1-5-6-13-11(10(2)3)9-12-14-7-8-15(12)4/h7-8,10-11,13H,5-6,9H2,1-4H3. The fourth-order valence-corrected chi connectivity index (χ4v) is 1.66. The highest BCUT2D eigenvalue weighted by Gasteiger charge is 2.14. The molecule has 1 aromatic heterocycles. The number of nitrogens with one attached hydrogen (secondary N) is 1. The largest absolute Gasteiger partial charge is 0.338 e. The molecule has 15 heavy (non-hydrogen) atoms. The molecule has 0 aliphatic carbocycles. The SMILES string of the molecule is CCCNC(Cc1nccn1C)C(C)C. The smallest absolute Gasteiger partial charge is 0.109 e. The summed E-state index contributed by atoms with van der Waals surface area (Å²) in [5, 5.41) is 3.58. The number of hydrogen-bond donors (Lipinski definition) is 1. The highest BCUT2D eigenvalue weighted by Crippen LogP contribution is 2.08. The van der Waals surface area contributed by atoms with Gasteiger partial charge < -0.3 is 9.88 Å². The summed E-state index contributed by atoms with van der Waals surface area (Å²) in [6, 6.07) is 0.533. The maximum Gasteiger partial charge on any atom is 0.109 e. The number of aromatic nitrogens is 2. The van der Waals surface area contributed by atoms with E-state index >= 15 is 0 Å². The zero-order chi connectivity index (χ0) is 11.3. The number of nitrogens with zero attached hydrogens (tertiary/aromatic N) is 2. The predicted octanol–water partition coefficient (Wildman–Crippen LogP) is 1.99. The summed E-state index contributed by atoms with van der Waals surface area (Å²) < 4.78 is 2.10. The summed E-state index contributed by atoms with van der Waals surface area (Å²) >= 11 is 0. The van der Waals surface area contributed by atoms with E-state index in [4.69, 9.17) is 0 Å². The summed E-state index contributed by atoms with van der Waals surface area (Å²) in [7, 11) is 2.06. The molecule has 0 spiro atoms. The second-order valence-electron chi connectivity index (χ2n) is 4.46. The Hall–Kier alpha value is -0.830. The van der Waals surface area contributed by atoms with Crippen molar-refractivity contribution in [2.24, 2.45) is 13.0 Å². The molecule has 1 aromatic rings. The van der Waals surface area contributed by atoms with Crippen molar-refractivity contribution in [3.8, 4) is 0 Å². The van der Waals surface area contributed by atoms with Crippen LogP contribution in [-0.2, 0) is 13.5 Å². The molecule has 0 radical (unpaired) electrons. The van der Waals surface area contributed by atoms with Gasteiger partial charge in [0.2, 0.25) is 0 Å². The van der Waals surface area contributed by atoms with Crippen molar-refractivity contribution in [2.45, 2.75) is 39.7 Å². The van der Waals surface area contributed by atoms with E-state index in [2.05, 4.69) is 42.7 Å². The summed E-state index contributed by atoms with van der Waals surface area (Å²) in [6.07, 6.45) is 6.07. The molecule has 0 aliphatic heterocycles. The van der Waals surface area contributed by atoms with Gasteiger partial charge in [0.1, 0.15) is 5.82 Å². The van der Waals surface area contributed by atoms with E-state index in [1.54, 1.807) is 0 Å². The molecule has 86 valence electrons. The molecular formula is C12H23N3. The molecule has 3 heteroatoms. The van der Waals surface area contributed by atoms with Crippen molar-refractivity contribution in [2.75, 3.05) is 6.54 Å². The van der Waals surface area contributed by atoms with Crippen LogP contribution < -0.4 is 5.32 Å². The van der Waals surface area contributed by atoms with Crippen molar-refractivity contribution in [3.05, 3.63) is 18.2 Å². The van der Waals surface area contributed by atoms with Crippen LogP contribution in [0.2, 0.25) is 0 Å². The van der Waals surface area contributed by atoms with Crippen molar-refractivity contribution in [1.82, 2.24) is 14.9 Å². The maximum absolute atomic E-state index is 4.37. The lowest BCUT2D eigenvalue weighted by Crippen LogP contribution is -2.36. The quantitative estimate of drug-likeness (QED) is 0.776. The Bertz CT molecular complexity index is 278. The van der Waals surface area contributed by atoms with Gasteiger partial charge in [-0.3, -0.25) is 0 Å². The zero-order valence-electron chi connectivity index (χ0n) is 10.3. The van der Waals surface area contributed by atoms with E-state index in [0.717, 1.165) is 18.8 Å². The molecule has 3 nitrogen and oxygen atoms in total. The predicted molar refractivity (Wildman–Crippen MR) is 63.8 cm³/mol. The molecule has 0 bridgehead atoms. The van der Waals surface area contributed by atoms with Crippen molar-refractivity contribution >= 4 is 0 Å². The molecule has 0 aromatic carbocycles. The van der Waals surface area contributed by atoms with Crippen LogP contribution in [0, 0.1) is 5.92 Å². The van der Waals surface area contributed by atoms with Gasteiger partial charge in [0.05, 0.1) is 0 Å². The van der Waals surface area contributed by atoms with Crippen LogP contribution in [0.5, 0.6) is 0 Å². The Morgan fingerprint density at radius 1 is 1.47 bits per heavy atom. The topological polar surface area (TPSA) is 29.9 Å². The van der Waals surface area contributed by atoms with Gasteiger partial charge in [-0.15, -0.1) is 0 Å². The van der Waals surface area contributed by atoms with Crippen LogP contribution in [0.1, 0.15) is 33.0 Å². The second-order valence-corrected chi connectivity index (χ2v) is 4.46. The third-order valence-corrected chi connectivity index (χ3v) is 2.78. The first-order chi connectivity index (χ1) is 7.15. The Balaban J connectivity index is 2.54. The maximum atomic E-state index is 4.37. The summed E-state index contributed by atoms with van der Waals surface area (Å²) in [5.74, 6) is 1.81. The molecule has 0 aliphatic rings. The zero-order valence-corrected chi connectivity index (χ0v) is 10.3. The van der Waals surface area contributed by atoms with Crippen LogP contribution in [0.4, 0.5) is 0 Å². The molecule has 1 heterocycles. The molecule has 1 rings (SSSR count). The summed E-state index contributed by atoms with van der Waals surface area (Å²) in [6.45, 7) is 7.81. The van der Waals surface area contributed by atoms with Crippen LogP contribution in [0.15, 0.2) is 12.4 Å². The fraction of sp³-hybridized carbons (Fsp3) is 0.750. The van der Waals surface area contributed by atoms with E-state index in [1.165, 1.54) is 6.42 Å². The van der Waals surface area contributed by atoms with E-state index in [9.17, 15) is 0 Å². The lowest BCUT2D eigenvalue weighted by Gasteiger charge is -2.21. The van der Waals surface area contributed by atoms with E-state index in [-0.39, 0.29) is 0 Å². The third-order valence-electron chi connectivity index (χ3n) is 2.78. The van der Waals surface area contributed by atoms with Crippen LogP contribution in [-0.4, -0.2) is 22.1 Å². The minimum atomic E-state index is 0.533. The lowest BCUT2D eigenvalue weighted by molar-refractivity contribution is 0.388. The van der Waals surface area contributed by atoms with Gasteiger partial charge in [-0.05, 0) is 18.9 Å². The molecule has 0 amide bonds. The minimum absolute atomic E-state index is 0.533. The van der Waals surface area contributed by atoms with Gasteiger partial charge in [0.25, 0.3) is 0 Å². The van der Waals surface area contributed by atoms with Gasteiger partial charge >= 0.3 is 0 Å². The molecule has 1 N–H and O–H groups in total. The first kappa shape index (κ1) is 12.2. The van der Waals surface area contributed by atoms with E-state index < -0.39 is 0 Å². The van der Waals surface area contributed by atoms with Crippen molar-refractivity contribution in [3.63, 3.8) is 0 Å². The number of imidazole rings is 1. The average molecular weight is 209 g/mol. The average Bonchev–Trinajstić information content (AvgIpc) is 2.58. The highest BCUT2D eigenvalue weighted by atomic mass is 15.0. The van der Waals surface area contributed by atoms with Gasteiger partial charge in [-0.2, -0.15) is 0 Å². The van der Waals surface area contributed by atoms with Gasteiger partial charge in [-0.25, -0.2) is 4.98 Å². The van der Waals surface area contributed by atoms with Crippen LogP contribution in [0.3, 0.4) is 0 Å². The molecule has 0 saturated heterocycles. The number of rotatable bonds is 6. The number of aryl methyl sites for hydroxylation is 1. The first-order valence-corrected chi connectivity index (χ1v) is 5.84. The van der Waals surface area contributed by atoms with Gasteiger partial charge in [0, 0.05) is 31.9 Å². The third kappa shape index (κ3) is 3.67. The van der Waals surface area contributed by atoms with Crippen molar-refractivity contribution in [1.29, 1.82) is 0 Å². The fourth-order valence-electron chi connectivity index (χ4n) is 1.66. The first-order valence-electron chi connectivity index (χ1n) is 5.84. The van der Waals surface area contributed by atoms with E-state index in [0.29, 0.717) is 12.0 Å². The molecule has 1 unspecified atom stereocenters. The number of hydrogen-bond acceptors (Lipinski definition) is 2. The summed E-state index contributed by atoms with van der Waals surface area (Å²) in [5.41, 5.74) is 0. The molecule has 0 saturated carbocycles. The minimum Gasteiger partial charge on any atom is -0.338 e. The second kappa shape index (κ2) is 5.91. The lowest BCUT2D eigenvalue weighted by atomic mass is 10.0. The Morgan fingerprint density at radius 2 is 2.20 bits per heavy atom. The Labute approximate surface area is 92.9 Å².